The molecule has 0 aliphatic carbocycles. The third kappa shape index (κ3) is 3.79. The predicted molar refractivity (Wildman–Crippen MR) is 70.9 cm³/mol. The summed E-state index contributed by atoms with van der Waals surface area (Å²) in [6.45, 7) is 3.07. The van der Waals surface area contributed by atoms with Gasteiger partial charge in [-0.2, -0.15) is 13.2 Å². The van der Waals surface area contributed by atoms with Crippen LogP contribution < -0.4 is 4.74 Å². The zero-order valence-electron chi connectivity index (χ0n) is 12.5. The van der Waals surface area contributed by atoms with Gasteiger partial charge in [-0.3, -0.25) is 0 Å². The Morgan fingerprint density at radius 1 is 1.30 bits per heavy atom. The number of nitrogens with zero attached hydrogens (tertiary/aromatic N) is 2. The lowest BCUT2D eigenvalue weighted by atomic mass is 10.1. The summed E-state index contributed by atoms with van der Waals surface area (Å²) in [6, 6.07) is 2.51. The number of carbonyl (C=O) groups excluding carboxylic acids is 1. The number of ether oxygens (including phenoxy) is 2. The van der Waals surface area contributed by atoms with Gasteiger partial charge in [0.25, 0.3) is 5.89 Å². The molecule has 6 nitrogen and oxygen atoms in total. The van der Waals surface area contributed by atoms with Crippen molar-refractivity contribution in [2.45, 2.75) is 26.1 Å². The number of rotatable bonds is 4. The third-order valence-corrected chi connectivity index (χ3v) is 2.92. The van der Waals surface area contributed by atoms with Gasteiger partial charge in [-0.25, -0.2) is 4.79 Å². The van der Waals surface area contributed by atoms with E-state index in [1.165, 1.54) is 6.92 Å². The van der Waals surface area contributed by atoms with E-state index >= 15 is 0 Å². The Labute approximate surface area is 129 Å². The molecule has 1 heterocycles. The summed E-state index contributed by atoms with van der Waals surface area (Å²) in [5.74, 6) is -0.714. The maximum absolute atomic E-state index is 12.7. The minimum atomic E-state index is -4.54. The number of benzene rings is 1. The average Bonchev–Trinajstić information content (AvgIpc) is 2.92. The molecular weight excluding hydrogens is 317 g/mol. The Morgan fingerprint density at radius 2 is 2.00 bits per heavy atom. The predicted octanol–water partition coefficient (Wildman–Crippen LogP) is 3.32. The summed E-state index contributed by atoms with van der Waals surface area (Å²) < 4.78 is 53.1. The van der Waals surface area contributed by atoms with E-state index in [-0.39, 0.29) is 17.2 Å². The molecule has 1 aromatic heterocycles. The van der Waals surface area contributed by atoms with Crippen molar-refractivity contribution in [2.75, 3.05) is 7.11 Å². The molecule has 0 amide bonds. The van der Waals surface area contributed by atoms with Gasteiger partial charge >= 0.3 is 12.1 Å². The average molecular weight is 330 g/mol. The van der Waals surface area contributed by atoms with Gasteiger partial charge in [-0.15, -0.1) is 10.2 Å². The number of hydrogen-bond acceptors (Lipinski definition) is 6. The number of alkyl halides is 3. The first-order valence-electron chi connectivity index (χ1n) is 6.48. The van der Waals surface area contributed by atoms with Crippen molar-refractivity contribution in [1.82, 2.24) is 10.2 Å². The Hall–Kier alpha value is -2.58. The van der Waals surface area contributed by atoms with Gasteiger partial charge in [0.2, 0.25) is 5.89 Å². The zero-order chi connectivity index (χ0) is 17.2. The van der Waals surface area contributed by atoms with Crippen LogP contribution in [0.1, 0.15) is 40.7 Å². The van der Waals surface area contributed by atoms with Crippen LogP contribution >= 0.6 is 0 Å². The topological polar surface area (TPSA) is 74.5 Å². The highest BCUT2D eigenvalue weighted by Crippen LogP contribution is 2.33. The first-order valence-corrected chi connectivity index (χ1v) is 6.48. The molecule has 0 fully saturated rings. The fourth-order valence-corrected chi connectivity index (χ4v) is 1.79. The van der Waals surface area contributed by atoms with Crippen molar-refractivity contribution in [2.24, 2.45) is 0 Å². The normalized spacial score (nSPS) is 12.8. The molecule has 0 saturated carbocycles. The highest BCUT2D eigenvalue weighted by Gasteiger charge is 2.32. The summed E-state index contributed by atoms with van der Waals surface area (Å²) in [4.78, 5) is 12.1. The molecule has 0 N–H and O–H groups in total. The van der Waals surface area contributed by atoms with E-state index in [9.17, 15) is 18.0 Å². The van der Waals surface area contributed by atoms with Crippen molar-refractivity contribution in [3.63, 3.8) is 0 Å². The monoisotopic (exact) mass is 330 g/mol. The number of esters is 1. The molecule has 1 unspecified atom stereocenters. The number of methoxy groups -OCH3 is 1. The summed E-state index contributed by atoms with van der Waals surface area (Å²) in [7, 11) is 1.16. The summed E-state index contributed by atoms with van der Waals surface area (Å²) in [5, 5.41) is 7.31. The van der Waals surface area contributed by atoms with Crippen LogP contribution in [0.3, 0.4) is 0 Å². The number of aryl methyl sites for hydroxylation is 1. The van der Waals surface area contributed by atoms with E-state index < -0.39 is 23.8 Å². The zero-order valence-corrected chi connectivity index (χ0v) is 12.5. The maximum atomic E-state index is 12.7. The second-order valence-corrected chi connectivity index (χ2v) is 4.62. The van der Waals surface area contributed by atoms with Gasteiger partial charge in [0.1, 0.15) is 11.3 Å². The van der Waals surface area contributed by atoms with Crippen molar-refractivity contribution in [3.8, 4) is 5.75 Å². The minimum Gasteiger partial charge on any atom is -0.496 e. The smallest absolute Gasteiger partial charge is 0.416 e. The fraction of sp³-hybridized carbons (Fsp3) is 0.357. The second-order valence-electron chi connectivity index (χ2n) is 4.62. The van der Waals surface area contributed by atoms with Gasteiger partial charge in [0.05, 0.1) is 12.7 Å². The van der Waals surface area contributed by atoms with Gasteiger partial charge in [-0.05, 0) is 25.1 Å². The molecule has 0 aliphatic rings. The van der Waals surface area contributed by atoms with Crippen LogP contribution in [0.2, 0.25) is 0 Å². The summed E-state index contributed by atoms with van der Waals surface area (Å²) in [6.07, 6.45) is -5.39. The Kier molecular flexibility index (Phi) is 4.57. The lowest BCUT2D eigenvalue weighted by Gasteiger charge is -2.14. The molecule has 1 aromatic carbocycles. The van der Waals surface area contributed by atoms with Crippen LogP contribution in [0.4, 0.5) is 13.2 Å². The van der Waals surface area contributed by atoms with Gasteiger partial charge in [-0.1, -0.05) is 0 Å². The summed E-state index contributed by atoms with van der Waals surface area (Å²) >= 11 is 0. The molecule has 23 heavy (non-hydrogen) atoms. The van der Waals surface area contributed by atoms with Crippen LogP contribution in [0, 0.1) is 6.92 Å². The quantitative estimate of drug-likeness (QED) is 0.801. The van der Waals surface area contributed by atoms with Crippen LogP contribution in [-0.2, 0) is 10.9 Å². The number of halogens is 3. The Morgan fingerprint density at radius 3 is 2.52 bits per heavy atom. The first-order chi connectivity index (χ1) is 10.7. The largest absolute Gasteiger partial charge is 0.496 e. The first kappa shape index (κ1) is 16.8. The third-order valence-electron chi connectivity index (χ3n) is 2.92. The van der Waals surface area contributed by atoms with E-state index in [2.05, 4.69) is 10.2 Å². The lowest BCUT2D eigenvalue weighted by Crippen LogP contribution is -2.12. The van der Waals surface area contributed by atoms with Gasteiger partial charge in [0.15, 0.2) is 6.10 Å². The highest BCUT2D eigenvalue weighted by atomic mass is 19.4. The van der Waals surface area contributed by atoms with Crippen LogP contribution in [0.25, 0.3) is 0 Å². The SMILES string of the molecule is COc1cc(C(F)(F)F)ccc1C(=O)OC(C)c1nnc(C)o1. The molecule has 0 bridgehead atoms. The molecule has 0 radical (unpaired) electrons. The molecule has 0 spiro atoms. The number of aromatic nitrogens is 2. The fourth-order valence-electron chi connectivity index (χ4n) is 1.79. The van der Waals surface area contributed by atoms with Crippen LogP contribution in [0.15, 0.2) is 22.6 Å². The number of carbonyl (C=O) groups is 1. The van der Waals surface area contributed by atoms with E-state index in [0.717, 1.165) is 25.3 Å². The Bertz CT molecular complexity index is 712. The number of hydrogen-bond donors (Lipinski definition) is 0. The molecule has 2 aromatic rings. The van der Waals surface area contributed by atoms with Crippen molar-refractivity contribution in [3.05, 3.63) is 41.1 Å². The molecular formula is C14H13F3N2O4. The molecule has 9 heteroatoms. The van der Waals surface area contributed by atoms with E-state index in [1.54, 1.807) is 6.92 Å². The van der Waals surface area contributed by atoms with Gasteiger partial charge < -0.3 is 13.9 Å². The van der Waals surface area contributed by atoms with Gasteiger partial charge in [0, 0.05) is 6.92 Å². The van der Waals surface area contributed by atoms with Crippen molar-refractivity contribution in [1.29, 1.82) is 0 Å². The maximum Gasteiger partial charge on any atom is 0.416 e. The van der Waals surface area contributed by atoms with Crippen molar-refractivity contribution < 1.29 is 31.9 Å². The summed E-state index contributed by atoms with van der Waals surface area (Å²) in [5.41, 5.74) is -1.06. The van der Waals surface area contributed by atoms with Crippen LogP contribution in [0.5, 0.6) is 5.75 Å². The lowest BCUT2D eigenvalue weighted by molar-refractivity contribution is -0.137. The second kappa shape index (κ2) is 6.27. The van der Waals surface area contributed by atoms with E-state index in [0.29, 0.717) is 5.89 Å². The standard InChI is InChI=1S/C14H13F3N2O4/c1-7(12-19-18-8(2)23-12)22-13(20)10-5-4-9(14(15,16)17)6-11(10)21-3/h4-7H,1-3H3. The molecule has 2 rings (SSSR count). The molecule has 0 saturated heterocycles. The molecule has 1 atom stereocenters. The molecule has 124 valence electrons. The molecule has 0 aliphatic heterocycles. The minimum absolute atomic E-state index is 0.0849. The van der Waals surface area contributed by atoms with E-state index in [4.69, 9.17) is 13.9 Å². The van der Waals surface area contributed by atoms with E-state index in [1.807, 2.05) is 0 Å². The Balaban J connectivity index is 2.22. The van der Waals surface area contributed by atoms with Crippen molar-refractivity contribution >= 4 is 5.97 Å². The van der Waals surface area contributed by atoms with Crippen LogP contribution in [-0.4, -0.2) is 23.3 Å². The highest BCUT2D eigenvalue weighted by molar-refractivity contribution is 5.92.